The molecule has 0 aliphatic carbocycles. The van der Waals surface area contributed by atoms with Crippen molar-refractivity contribution in [1.82, 2.24) is 0 Å². The van der Waals surface area contributed by atoms with E-state index in [-0.39, 0.29) is 11.7 Å². The molecule has 0 heterocycles. The highest BCUT2D eigenvalue weighted by Crippen LogP contribution is 2.25. The molecule has 100 valence electrons. The summed E-state index contributed by atoms with van der Waals surface area (Å²) in [6.07, 6.45) is 0.788. The van der Waals surface area contributed by atoms with Crippen molar-refractivity contribution in [1.29, 1.82) is 0 Å². The Bertz CT molecular complexity index is 543. The second kappa shape index (κ2) is 5.98. The number of aryl methyl sites for hydroxylation is 2. The van der Waals surface area contributed by atoms with E-state index in [0.29, 0.717) is 12.1 Å². The van der Waals surface area contributed by atoms with Gasteiger partial charge >= 0.3 is 0 Å². The van der Waals surface area contributed by atoms with Crippen LogP contribution in [0.15, 0.2) is 42.5 Å². The maximum absolute atomic E-state index is 13.9. The lowest BCUT2D eigenvalue weighted by molar-refractivity contribution is 0.575. The highest BCUT2D eigenvalue weighted by atomic mass is 19.1. The van der Waals surface area contributed by atoms with Gasteiger partial charge in [0.1, 0.15) is 5.82 Å². The average molecular weight is 257 g/mol. The monoisotopic (exact) mass is 257 g/mol. The summed E-state index contributed by atoms with van der Waals surface area (Å²) in [5.74, 6) is -0.134. The fourth-order valence-electron chi connectivity index (χ4n) is 2.54. The van der Waals surface area contributed by atoms with Crippen molar-refractivity contribution >= 4 is 0 Å². The molecule has 2 aromatic rings. The van der Waals surface area contributed by atoms with Gasteiger partial charge in [0.05, 0.1) is 0 Å². The summed E-state index contributed by atoms with van der Waals surface area (Å²) in [6.45, 7) is 4.64. The number of halogens is 1. The number of benzene rings is 2. The van der Waals surface area contributed by atoms with Crippen LogP contribution >= 0.6 is 0 Å². The SMILES string of the molecule is Cc1cccc(C)c1CC(CN)c1ccccc1F. The molecule has 0 aliphatic heterocycles. The molecule has 0 bridgehead atoms. The van der Waals surface area contributed by atoms with Crippen LogP contribution in [-0.4, -0.2) is 6.54 Å². The molecular formula is C17H20FN. The van der Waals surface area contributed by atoms with Gasteiger partial charge in [-0.05, 0) is 55.1 Å². The molecular weight excluding hydrogens is 237 g/mol. The lowest BCUT2D eigenvalue weighted by Gasteiger charge is -2.19. The maximum Gasteiger partial charge on any atom is 0.126 e. The van der Waals surface area contributed by atoms with Crippen LogP contribution in [-0.2, 0) is 6.42 Å². The van der Waals surface area contributed by atoms with E-state index in [9.17, 15) is 4.39 Å². The lowest BCUT2D eigenvalue weighted by atomic mass is 9.88. The Morgan fingerprint density at radius 2 is 1.63 bits per heavy atom. The van der Waals surface area contributed by atoms with Gasteiger partial charge in [-0.25, -0.2) is 4.39 Å². The standard InChI is InChI=1S/C17H20FN/c1-12-6-5-7-13(2)16(12)10-14(11-19)15-8-3-4-9-17(15)18/h3-9,14H,10-11,19H2,1-2H3. The molecule has 0 spiro atoms. The van der Waals surface area contributed by atoms with Gasteiger partial charge in [-0.3, -0.25) is 0 Å². The fraction of sp³-hybridized carbons (Fsp3) is 0.294. The summed E-state index contributed by atoms with van der Waals surface area (Å²) in [5, 5.41) is 0. The van der Waals surface area contributed by atoms with Crippen molar-refractivity contribution in [3.63, 3.8) is 0 Å². The minimum atomic E-state index is -0.163. The third-order valence-corrected chi connectivity index (χ3v) is 3.72. The first-order valence-electron chi connectivity index (χ1n) is 6.63. The Morgan fingerprint density at radius 1 is 1.00 bits per heavy atom. The van der Waals surface area contributed by atoms with E-state index < -0.39 is 0 Å². The van der Waals surface area contributed by atoms with Gasteiger partial charge in [0, 0.05) is 5.92 Å². The van der Waals surface area contributed by atoms with Gasteiger partial charge in [-0.15, -0.1) is 0 Å². The fourth-order valence-corrected chi connectivity index (χ4v) is 2.54. The van der Waals surface area contributed by atoms with Crippen LogP contribution in [0.5, 0.6) is 0 Å². The third-order valence-electron chi connectivity index (χ3n) is 3.72. The molecule has 0 aliphatic rings. The van der Waals surface area contributed by atoms with Gasteiger partial charge in [-0.1, -0.05) is 36.4 Å². The number of nitrogens with two attached hydrogens (primary N) is 1. The summed E-state index contributed by atoms with van der Waals surface area (Å²) in [4.78, 5) is 0. The summed E-state index contributed by atoms with van der Waals surface area (Å²) < 4.78 is 13.9. The smallest absolute Gasteiger partial charge is 0.126 e. The predicted octanol–water partition coefficient (Wildman–Crippen LogP) is 3.73. The third kappa shape index (κ3) is 3.02. The summed E-state index contributed by atoms with van der Waals surface area (Å²) in [5.41, 5.74) is 10.3. The van der Waals surface area contributed by atoms with E-state index in [2.05, 4.69) is 32.0 Å². The van der Waals surface area contributed by atoms with Crippen LogP contribution in [0.4, 0.5) is 4.39 Å². The van der Waals surface area contributed by atoms with Crippen LogP contribution in [0, 0.1) is 19.7 Å². The zero-order chi connectivity index (χ0) is 13.8. The van der Waals surface area contributed by atoms with Crippen LogP contribution in [0.1, 0.15) is 28.2 Å². The molecule has 1 unspecified atom stereocenters. The summed E-state index contributed by atoms with van der Waals surface area (Å²) >= 11 is 0. The molecule has 0 amide bonds. The second-order valence-electron chi connectivity index (χ2n) is 5.03. The van der Waals surface area contributed by atoms with Gasteiger partial charge in [0.15, 0.2) is 0 Å². The van der Waals surface area contributed by atoms with Crippen molar-refractivity contribution < 1.29 is 4.39 Å². The van der Waals surface area contributed by atoms with E-state index in [4.69, 9.17) is 5.73 Å². The van der Waals surface area contributed by atoms with Crippen molar-refractivity contribution in [2.75, 3.05) is 6.54 Å². The van der Waals surface area contributed by atoms with E-state index >= 15 is 0 Å². The molecule has 2 N–H and O–H groups in total. The predicted molar refractivity (Wildman–Crippen MR) is 77.8 cm³/mol. The molecule has 0 radical (unpaired) electrons. The highest BCUT2D eigenvalue weighted by Gasteiger charge is 2.16. The van der Waals surface area contributed by atoms with Crippen LogP contribution in [0.3, 0.4) is 0 Å². The van der Waals surface area contributed by atoms with E-state index in [1.807, 2.05) is 12.1 Å². The number of hydrogen-bond donors (Lipinski definition) is 1. The van der Waals surface area contributed by atoms with Crippen LogP contribution in [0.2, 0.25) is 0 Å². The molecule has 0 fully saturated rings. The van der Waals surface area contributed by atoms with Crippen LogP contribution < -0.4 is 5.73 Å². The molecule has 0 saturated heterocycles. The summed E-state index contributed by atoms with van der Waals surface area (Å²) in [7, 11) is 0. The molecule has 2 aromatic carbocycles. The Labute approximate surface area is 114 Å². The van der Waals surface area contributed by atoms with Crippen molar-refractivity contribution in [3.8, 4) is 0 Å². The second-order valence-corrected chi connectivity index (χ2v) is 5.03. The summed E-state index contributed by atoms with van der Waals surface area (Å²) in [6, 6.07) is 13.2. The zero-order valence-corrected chi connectivity index (χ0v) is 11.5. The highest BCUT2D eigenvalue weighted by molar-refractivity contribution is 5.36. The quantitative estimate of drug-likeness (QED) is 0.887. The molecule has 2 rings (SSSR count). The lowest BCUT2D eigenvalue weighted by Crippen LogP contribution is -2.17. The number of hydrogen-bond acceptors (Lipinski definition) is 1. The van der Waals surface area contributed by atoms with E-state index in [0.717, 1.165) is 6.42 Å². The first kappa shape index (κ1) is 13.8. The van der Waals surface area contributed by atoms with Gasteiger partial charge < -0.3 is 5.73 Å². The van der Waals surface area contributed by atoms with E-state index in [1.165, 1.54) is 22.8 Å². The number of rotatable bonds is 4. The van der Waals surface area contributed by atoms with Gasteiger partial charge in [0.25, 0.3) is 0 Å². The van der Waals surface area contributed by atoms with Gasteiger partial charge in [-0.2, -0.15) is 0 Å². The largest absolute Gasteiger partial charge is 0.330 e. The minimum absolute atomic E-state index is 0.0287. The first-order chi connectivity index (χ1) is 9.13. The van der Waals surface area contributed by atoms with Crippen molar-refractivity contribution in [3.05, 3.63) is 70.5 Å². The Hall–Kier alpha value is -1.67. The maximum atomic E-state index is 13.9. The molecule has 19 heavy (non-hydrogen) atoms. The average Bonchev–Trinajstić information content (AvgIpc) is 2.40. The molecule has 0 saturated carbocycles. The molecule has 0 aromatic heterocycles. The Kier molecular flexibility index (Phi) is 4.33. The van der Waals surface area contributed by atoms with Crippen molar-refractivity contribution in [2.45, 2.75) is 26.2 Å². The zero-order valence-electron chi connectivity index (χ0n) is 11.5. The Balaban J connectivity index is 2.32. The first-order valence-corrected chi connectivity index (χ1v) is 6.63. The molecule has 2 heteroatoms. The molecule has 1 nitrogen and oxygen atoms in total. The topological polar surface area (TPSA) is 26.0 Å². The minimum Gasteiger partial charge on any atom is -0.330 e. The Morgan fingerprint density at radius 3 is 2.21 bits per heavy atom. The van der Waals surface area contributed by atoms with Crippen molar-refractivity contribution in [2.24, 2.45) is 5.73 Å². The molecule has 1 atom stereocenters. The van der Waals surface area contributed by atoms with Crippen LogP contribution in [0.25, 0.3) is 0 Å². The normalized spacial score (nSPS) is 12.4. The van der Waals surface area contributed by atoms with E-state index in [1.54, 1.807) is 6.07 Å². The van der Waals surface area contributed by atoms with Gasteiger partial charge in [0.2, 0.25) is 0 Å².